The van der Waals surface area contributed by atoms with Crippen molar-refractivity contribution >= 4 is 5.91 Å². The molecule has 0 radical (unpaired) electrons. The molecule has 86 valence electrons. The van der Waals surface area contributed by atoms with Crippen LogP contribution in [0.5, 0.6) is 0 Å². The van der Waals surface area contributed by atoms with Crippen molar-refractivity contribution in [1.29, 1.82) is 0 Å². The minimum Gasteiger partial charge on any atom is -0.337 e. The van der Waals surface area contributed by atoms with Crippen LogP contribution >= 0.6 is 0 Å². The SMILES string of the molecule is Cn1cncc1C(=O)N1C[C@H]2CNC[C@H]2C1. The molecule has 0 spiro atoms. The number of imidazole rings is 1. The van der Waals surface area contributed by atoms with Gasteiger partial charge in [0.1, 0.15) is 5.69 Å². The van der Waals surface area contributed by atoms with E-state index in [2.05, 4.69) is 10.3 Å². The number of amides is 1. The summed E-state index contributed by atoms with van der Waals surface area (Å²) in [4.78, 5) is 18.2. The van der Waals surface area contributed by atoms with Gasteiger partial charge in [-0.2, -0.15) is 0 Å². The fourth-order valence-corrected chi connectivity index (χ4v) is 2.75. The molecule has 1 amide bonds. The summed E-state index contributed by atoms with van der Waals surface area (Å²) >= 11 is 0. The van der Waals surface area contributed by atoms with Crippen molar-refractivity contribution in [3.05, 3.63) is 18.2 Å². The van der Waals surface area contributed by atoms with Crippen molar-refractivity contribution in [2.45, 2.75) is 0 Å². The third kappa shape index (κ3) is 1.43. The Morgan fingerprint density at radius 2 is 2.12 bits per heavy atom. The Bertz CT molecular complexity index is 402. The zero-order valence-electron chi connectivity index (χ0n) is 9.39. The maximum atomic E-state index is 12.2. The van der Waals surface area contributed by atoms with Crippen molar-refractivity contribution in [1.82, 2.24) is 19.8 Å². The monoisotopic (exact) mass is 220 g/mol. The van der Waals surface area contributed by atoms with Gasteiger partial charge in [0, 0.05) is 33.2 Å². The summed E-state index contributed by atoms with van der Waals surface area (Å²) in [5.74, 6) is 1.42. The van der Waals surface area contributed by atoms with Gasteiger partial charge in [-0.1, -0.05) is 0 Å². The van der Waals surface area contributed by atoms with E-state index in [1.54, 1.807) is 17.1 Å². The summed E-state index contributed by atoms with van der Waals surface area (Å²) in [5, 5.41) is 3.37. The Morgan fingerprint density at radius 1 is 1.44 bits per heavy atom. The molecule has 2 aliphatic rings. The summed E-state index contributed by atoms with van der Waals surface area (Å²) < 4.78 is 1.79. The molecule has 2 saturated heterocycles. The third-order valence-electron chi connectivity index (χ3n) is 3.71. The average Bonchev–Trinajstić information content (AvgIpc) is 2.89. The first kappa shape index (κ1) is 9.84. The second kappa shape index (κ2) is 3.59. The number of aromatic nitrogens is 2. The molecule has 0 aromatic carbocycles. The van der Waals surface area contributed by atoms with Crippen LogP contribution in [0.2, 0.25) is 0 Å². The number of fused-ring (bicyclic) bond motifs is 1. The topological polar surface area (TPSA) is 50.2 Å². The summed E-state index contributed by atoms with van der Waals surface area (Å²) in [5.41, 5.74) is 0.688. The summed E-state index contributed by atoms with van der Waals surface area (Å²) in [6.07, 6.45) is 3.32. The van der Waals surface area contributed by atoms with Gasteiger partial charge in [0.2, 0.25) is 0 Å². The zero-order chi connectivity index (χ0) is 11.1. The number of hydrogen-bond acceptors (Lipinski definition) is 3. The molecule has 3 heterocycles. The van der Waals surface area contributed by atoms with Crippen LogP contribution in [-0.4, -0.2) is 46.5 Å². The van der Waals surface area contributed by atoms with E-state index >= 15 is 0 Å². The normalized spacial score (nSPS) is 28.4. The summed E-state index contributed by atoms with van der Waals surface area (Å²) in [6.45, 7) is 3.89. The van der Waals surface area contributed by atoms with Crippen LogP contribution in [0.3, 0.4) is 0 Å². The highest BCUT2D eigenvalue weighted by Gasteiger charge is 2.38. The molecule has 2 atom stereocenters. The Hall–Kier alpha value is -1.36. The first-order chi connectivity index (χ1) is 7.75. The Balaban J connectivity index is 1.75. The molecule has 2 fully saturated rings. The molecule has 5 heteroatoms. The quantitative estimate of drug-likeness (QED) is 0.707. The van der Waals surface area contributed by atoms with Gasteiger partial charge in [-0.05, 0) is 11.8 Å². The van der Waals surface area contributed by atoms with Gasteiger partial charge in [-0.15, -0.1) is 0 Å². The van der Waals surface area contributed by atoms with Crippen molar-refractivity contribution in [2.24, 2.45) is 18.9 Å². The lowest BCUT2D eigenvalue weighted by Gasteiger charge is -2.17. The van der Waals surface area contributed by atoms with Crippen molar-refractivity contribution in [2.75, 3.05) is 26.2 Å². The molecule has 2 aliphatic heterocycles. The van der Waals surface area contributed by atoms with Crippen LogP contribution in [0.25, 0.3) is 0 Å². The number of hydrogen-bond donors (Lipinski definition) is 1. The highest BCUT2D eigenvalue weighted by atomic mass is 16.2. The van der Waals surface area contributed by atoms with Crippen LogP contribution in [0.15, 0.2) is 12.5 Å². The molecule has 1 N–H and O–H groups in total. The lowest BCUT2D eigenvalue weighted by atomic mass is 10.0. The van der Waals surface area contributed by atoms with Crippen LogP contribution in [0.1, 0.15) is 10.5 Å². The van der Waals surface area contributed by atoms with Gasteiger partial charge < -0.3 is 14.8 Å². The maximum absolute atomic E-state index is 12.2. The Kier molecular flexibility index (Phi) is 2.21. The molecule has 0 bridgehead atoms. The standard InChI is InChI=1S/C11H16N4O/c1-14-7-13-4-10(14)11(16)15-5-8-2-12-3-9(8)6-15/h4,7-9,12H,2-3,5-6H2,1H3/t8-,9+. The molecule has 0 saturated carbocycles. The second-order valence-corrected chi connectivity index (χ2v) is 4.78. The van der Waals surface area contributed by atoms with Crippen molar-refractivity contribution in [3.8, 4) is 0 Å². The molecular weight excluding hydrogens is 204 g/mol. The van der Waals surface area contributed by atoms with E-state index < -0.39 is 0 Å². The minimum absolute atomic E-state index is 0.120. The van der Waals surface area contributed by atoms with Crippen LogP contribution in [0, 0.1) is 11.8 Å². The minimum atomic E-state index is 0.120. The molecule has 3 rings (SSSR count). The van der Waals surface area contributed by atoms with Crippen molar-refractivity contribution < 1.29 is 4.79 Å². The van der Waals surface area contributed by atoms with Gasteiger partial charge in [0.25, 0.3) is 5.91 Å². The molecule has 5 nitrogen and oxygen atoms in total. The first-order valence-corrected chi connectivity index (χ1v) is 5.72. The van der Waals surface area contributed by atoms with Gasteiger partial charge in [0.15, 0.2) is 0 Å². The molecule has 0 aliphatic carbocycles. The van der Waals surface area contributed by atoms with E-state index in [-0.39, 0.29) is 5.91 Å². The van der Waals surface area contributed by atoms with Gasteiger partial charge in [-0.3, -0.25) is 4.79 Å². The predicted octanol–water partition coefficient (Wildman–Crippen LogP) is -0.289. The fraction of sp³-hybridized carbons (Fsp3) is 0.636. The van der Waals surface area contributed by atoms with E-state index in [1.165, 1.54) is 0 Å². The van der Waals surface area contributed by atoms with E-state index in [1.807, 2.05) is 11.9 Å². The lowest BCUT2D eigenvalue weighted by Crippen LogP contribution is -2.32. The van der Waals surface area contributed by atoms with E-state index in [0.717, 1.165) is 26.2 Å². The number of carbonyl (C=O) groups is 1. The highest BCUT2D eigenvalue weighted by Crippen LogP contribution is 2.27. The van der Waals surface area contributed by atoms with Gasteiger partial charge in [-0.25, -0.2) is 4.98 Å². The number of nitrogens with one attached hydrogen (secondary N) is 1. The van der Waals surface area contributed by atoms with E-state index in [9.17, 15) is 4.79 Å². The smallest absolute Gasteiger partial charge is 0.272 e. The molecule has 1 aromatic rings. The average molecular weight is 220 g/mol. The van der Waals surface area contributed by atoms with Gasteiger partial charge in [0.05, 0.1) is 12.5 Å². The first-order valence-electron chi connectivity index (χ1n) is 5.72. The fourth-order valence-electron chi connectivity index (χ4n) is 2.75. The van der Waals surface area contributed by atoms with E-state index in [4.69, 9.17) is 0 Å². The van der Waals surface area contributed by atoms with Crippen LogP contribution in [0.4, 0.5) is 0 Å². The van der Waals surface area contributed by atoms with Crippen molar-refractivity contribution in [3.63, 3.8) is 0 Å². The molecule has 1 aromatic heterocycles. The third-order valence-corrected chi connectivity index (χ3v) is 3.71. The largest absolute Gasteiger partial charge is 0.337 e. The number of aryl methyl sites for hydroxylation is 1. The van der Waals surface area contributed by atoms with Gasteiger partial charge >= 0.3 is 0 Å². The van der Waals surface area contributed by atoms with Crippen LogP contribution < -0.4 is 5.32 Å². The highest BCUT2D eigenvalue weighted by molar-refractivity contribution is 5.92. The van der Waals surface area contributed by atoms with Crippen LogP contribution in [-0.2, 0) is 7.05 Å². The number of carbonyl (C=O) groups excluding carboxylic acids is 1. The maximum Gasteiger partial charge on any atom is 0.272 e. The number of rotatable bonds is 1. The molecule has 0 unspecified atom stereocenters. The summed E-state index contributed by atoms with van der Waals surface area (Å²) in [6, 6.07) is 0. The summed E-state index contributed by atoms with van der Waals surface area (Å²) in [7, 11) is 1.86. The molecular formula is C11H16N4O. The number of nitrogens with zero attached hydrogens (tertiary/aromatic N) is 3. The number of likely N-dealkylation sites (tertiary alicyclic amines) is 1. The second-order valence-electron chi connectivity index (χ2n) is 4.78. The zero-order valence-corrected chi connectivity index (χ0v) is 9.39. The predicted molar refractivity (Wildman–Crippen MR) is 59.0 cm³/mol. The lowest BCUT2D eigenvalue weighted by molar-refractivity contribution is 0.0772. The molecule has 16 heavy (non-hydrogen) atoms. The Labute approximate surface area is 94.4 Å². The van der Waals surface area contributed by atoms with E-state index in [0.29, 0.717) is 17.5 Å². The Morgan fingerprint density at radius 3 is 2.69 bits per heavy atom.